The van der Waals surface area contributed by atoms with Crippen LogP contribution in [-0.2, 0) is 0 Å². The first-order valence-corrected chi connectivity index (χ1v) is 12.1. The van der Waals surface area contributed by atoms with Gasteiger partial charge in [-0.15, -0.1) is 0 Å². The number of para-hydroxylation sites is 1. The Morgan fingerprint density at radius 2 is 1.74 bits per heavy atom. The number of aromatic nitrogens is 2. The molecule has 0 unspecified atom stereocenters. The summed E-state index contributed by atoms with van der Waals surface area (Å²) < 4.78 is 5.73. The summed E-state index contributed by atoms with van der Waals surface area (Å²) in [4.78, 5) is 24.5. The SMILES string of the molecule is CN(C)c1c(C(=O)N[C@H]2CCOc3ccccc32)cnc2c(-c3cc(Cl)cc(Cl)c3)c(Cl)cnc12. The molecule has 1 N–H and O–H groups in total. The molecule has 5 rings (SSSR count). The van der Waals surface area contributed by atoms with E-state index >= 15 is 0 Å². The maximum Gasteiger partial charge on any atom is 0.255 e. The van der Waals surface area contributed by atoms with Crippen LogP contribution in [-0.4, -0.2) is 36.6 Å². The summed E-state index contributed by atoms with van der Waals surface area (Å²) in [7, 11) is 3.73. The van der Waals surface area contributed by atoms with Gasteiger partial charge in [0.1, 0.15) is 16.8 Å². The van der Waals surface area contributed by atoms with Gasteiger partial charge in [-0.1, -0.05) is 53.0 Å². The lowest BCUT2D eigenvalue weighted by molar-refractivity contribution is 0.0925. The fourth-order valence-corrected chi connectivity index (χ4v) is 5.19. The average molecular weight is 528 g/mol. The van der Waals surface area contributed by atoms with Crippen LogP contribution in [0.4, 0.5) is 5.69 Å². The molecule has 1 aliphatic rings. The first kappa shape index (κ1) is 23.7. The van der Waals surface area contributed by atoms with Gasteiger partial charge in [0.05, 0.1) is 28.9 Å². The number of nitrogens with zero attached hydrogens (tertiary/aromatic N) is 3. The number of rotatable bonds is 4. The highest BCUT2D eigenvalue weighted by Crippen LogP contribution is 2.39. The zero-order valence-electron chi connectivity index (χ0n) is 19.0. The second-order valence-corrected chi connectivity index (χ2v) is 9.73. The number of amides is 1. The van der Waals surface area contributed by atoms with Crippen molar-refractivity contribution in [1.29, 1.82) is 0 Å². The van der Waals surface area contributed by atoms with Gasteiger partial charge in [0, 0.05) is 54.1 Å². The summed E-state index contributed by atoms with van der Waals surface area (Å²) >= 11 is 19.1. The minimum atomic E-state index is -0.242. The van der Waals surface area contributed by atoms with Crippen molar-refractivity contribution in [2.24, 2.45) is 0 Å². The van der Waals surface area contributed by atoms with Crippen molar-refractivity contribution >= 4 is 57.4 Å². The number of benzene rings is 2. The number of nitrogens with one attached hydrogen (secondary N) is 1. The standard InChI is InChI=1S/C26H21Cl3N4O2/c1-33(2)25-18(26(34)32-20-7-8-35-21-6-4-3-5-17(20)21)12-30-23-22(19(29)13-31-24(23)25)14-9-15(27)11-16(28)10-14/h3-6,9-13,20H,7-8H2,1-2H3,(H,32,34)/t20-/m0/s1. The number of fused-ring (bicyclic) bond motifs is 2. The van der Waals surface area contributed by atoms with Crippen LogP contribution < -0.4 is 15.0 Å². The Labute approximate surface area is 217 Å². The summed E-state index contributed by atoms with van der Waals surface area (Å²) in [6.45, 7) is 0.532. The first-order valence-electron chi connectivity index (χ1n) is 11.0. The Morgan fingerprint density at radius 3 is 2.49 bits per heavy atom. The molecule has 0 aliphatic carbocycles. The largest absolute Gasteiger partial charge is 0.493 e. The predicted octanol–water partition coefficient (Wildman–Crippen LogP) is 6.58. The van der Waals surface area contributed by atoms with E-state index in [0.29, 0.717) is 61.5 Å². The maximum absolute atomic E-state index is 13.5. The van der Waals surface area contributed by atoms with Gasteiger partial charge in [-0.3, -0.25) is 14.8 Å². The fourth-order valence-electron chi connectivity index (χ4n) is 4.41. The normalized spacial score (nSPS) is 14.8. The third-order valence-electron chi connectivity index (χ3n) is 5.92. The molecule has 6 nitrogen and oxygen atoms in total. The molecule has 3 heterocycles. The Hall–Kier alpha value is -3.06. The van der Waals surface area contributed by atoms with Crippen molar-refractivity contribution in [2.45, 2.75) is 12.5 Å². The second kappa shape index (κ2) is 9.53. The molecule has 9 heteroatoms. The van der Waals surface area contributed by atoms with Gasteiger partial charge < -0.3 is 15.0 Å². The van der Waals surface area contributed by atoms with Crippen molar-refractivity contribution in [3.8, 4) is 16.9 Å². The third kappa shape index (κ3) is 4.49. The monoisotopic (exact) mass is 526 g/mol. The van der Waals surface area contributed by atoms with Gasteiger partial charge in [0.15, 0.2) is 0 Å². The van der Waals surface area contributed by atoms with E-state index in [1.165, 1.54) is 0 Å². The minimum Gasteiger partial charge on any atom is -0.493 e. The molecule has 1 atom stereocenters. The van der Waals surface area contributed by atoms with E-state index in [1.54, 1.807) is 30.6 Å². The van der Waals surface area contributed by atoms with Crippen molar-refractivity contribution in [3.63, 3.8) is 0 Å². The summed E-state index contributed by atoms with van der Waals surface area (Å²) in [5.41, 5.74) is 4.47. The molecule has 4 aromatic rings. The molecule has 2 aromatic heterocycles. The fraction of sp³-hybridized carbons (Fsp3) is 0.192. The molecule has 35 heavy (non-hydrogen) atoms. The lowest BCUT2D eigenvalue weighted by Gasteiger charge is -2.27. The molecule has 2 aromatic carbocycles. The Morgan fingerprint density at radius 1 is 1.03 bits per heavy atom. The van der Waals surface area contributed by atoms with E-state index in [1.807, 2.05) is 43.3 Å². The topological polar surface area (TPSA) is 67.4 Å². The quantitative estimate of drug-likeness (QED) is 0.325. The van der Waals surface area contributed by atoms with Crippen LogP contribution in [0.5, 0.6) is 5.75 Å². The van der Waals surface area contributed by atoms with E-state index in [-0.39, 0.29) is 11.9 Å². The van der Waals surface area contributed by atoms with E-state index in [2.05, 4.69) is 15.3 Å². The van der Waals surface area contributed by atoms with E-state index < -0.39 is 0 Å². The van der Waals surface area contributed by atoms with Crippen LogP contribution >= 0.6 is 34.8 Å². The molecule has 0 saturated heterocycles. The van der Waals surface area contributed by atoms with Crippen LogP contribution in [0.1, 0.15) is 28.4 Å². The van der Waals surface area contributed by atoms with E-state index in [9.17, 15) is 4.79 Å². The number of ether oxygens (including phenoxy) is 1. The average Bonchev–Trinajstić information content (AvgIpc) is 2.82. The number of pyridine rings is 2. The van der Waals surface area contributed by atoms with Crippen molar-refractivity contribution in [1.82, 2.24) is 15.3 Å². The Kier molecular flexibility index (Phi) is 6.45. The molecule has 1 amide bonds. The summed E-state index contributed by atoms with van der Waals surface area (Å²) in [5, 5.41) is 4.52. The van der Waals surface area contributed by atoms with Crippen LogP contribution in [0, 0.1) is 0 Å². The minimum absolute atomic E-state index is 0.166. The predicted molar refractivity (Wildman–Crippen MR) is 141 cm³/mol. The number of carbonyl (C=O) groups is 1. The van der Waals surface area contributed by atoms with Gasteiger partial charge >= 0.3 is 0 Å². The molecule has 0 fully saturated rings. The van der Waals surface area contributed by atoms with E-state index in [0.717, 1.165) is 11.3 Å². The number of anilines is 1. The number of hydrogen-bond acceptors (Lipinski definition) is 5. The van der Waals surface area contributed by atoms with E-state index in [4.69, 9.17) is 39.5 Å². The van der Waals surface area contributed by atoms with Crippen molar-refractivity contribution in [3.05, 3.63) is 81.1 Å². The highest BCUT2D eigenvalue weighted by Gasteiger charge is 2.26. The highest BCUT2D eigenvalue weighted by atomic mass is 35.5. The van der Waals surface area contributed by atoms with Crippen LogP contribution in [0.15, 0.2) is 54.9 Å². The highest BCUT2D eigenvalue weighted by molar-refractivity contribution is 6.37. The summed E-state index contributed by atoms with van der Waals surface area (Å²) in [5.74, 6) is 0.545. The van der Waals surface area contributed by atoms with Crippen molar-refractivity contribution in [2.75, 3.05) is 25.6 Å². The Bertz CT molecular complexity index is 1440. The molecular formula is C26H21Cl3N4O2. The van der Waals surface area contributed by atoms with Crippen LogP contribution in [0.3, 0.4) is 0 Å². The first-order chi connectivity index (χ1) is 16.8. The van der Waals surface area contributed by atoms with Gasteiger partial charge in [0.25, 0.3) is 5.91 Å². The molecule has 178 valence electrons. The number of carbonyl (C=O) groups excluding carboxylic acids is 1. The van der Waals surface area contributed by atoms with Crippen molar-refractivity contribution < 1.29 is 9.53 Å². The number of halogens is 3. The van der Waals surface area contributed by atoms with Gasteiger partial charge in [-0.2, -0.15) is 0 Å². The van der Waals surface area contributed by atoms with Gasteiger partial charge in [-0.05, 0) is 29.8 Å². The number of hydrogen-bond donors (Lipinski definition) is 1. The molecule has 1 aliphatic heterocycles. The molecule has 0 radical (unpaired) electrons. The van der Waals surface area contributed by atoms with Gasteiger partial charge in [0.2, 0.25) is 0 Å². The lowest BCUT2D eigenvalue weighted by Crippen LogP contribution is -2.33. The zero-order valence-corrected chi connectivity index (χ0v) is 21.2. The Balaban J connectivity index is 1.61. The molecule has 0 spiro atoms. The lowest BCUT2D eigenvalue weighted by atomic mass is 9.99. The molecule has 0 saturated carbocycles. The second-order valence-electron chi connectivity index (χ2n) is 8.45. The van der Waals surface area contributed by atoms with Gasteiger partial charge in [-0.25, -0.2) is 0 Å². The molecular weight excluding hydrogens is 507 g/mol. The summed E-state index contributed by atoms with van der Waals surface area (Å²) in [6.07, 6.45) is 3.79. The van der Waals surface area contributed by atoms with Crippen LogP contribution in [0.2, 0.25) is 15.1 Å². The van der Waals surface area contributed by atoms with Crippen LogP contribution in [0.25, 0.3) is 22.2 Å². The zero-order chi connectivity index (χ0) is 24.7. The molecule has 0 bridgehead atoms. The summed E-state index contributed by atoms with van der Waals surface area (Å²) in [6, 6.07) is 12.8. The maximum atomic E-state index is 13.5. The third-order valence-corrected chi connectivity index (χ3v) is 6.64. The smallest absolute Gasteiger partial charge is 0.255 e.